The summed E-state index contributed by atoms with van der Waals surface area (Å²) in [6, 6.07) is 5.83. The van der Waals surface area contributed by atoms with E-state index in [4.69, 9.17) is 10.5 Å². The molecule has 2 aromatic rings. The van der Waals surface area contributed by atoms with Crippen molar-refractivity contribution in [2.45, 2.75) is 26.8 Å². The van der Waals surface area contributed by atoms with Gasteiger partial charge in [-0.05, 0) is 31.5 Å². The molecule has 0 aliphatic heterocycles. The van der Waals surface area contributed by atoms with E-state index in [9.17, 15) is 0 Å². The fraction of sp³-hybridized carbons (Fsp3) is 0.357. The third-order valence-electron chi connectivity index (χ3n) is 3.06. The van der Waals surface area contributed by atoms with Crippen molar-refractivity contribution in [2.75, 3.05) is 12.8 Å². The second kappa shape index (κ2) is 5.65. The number of halogens is 1. The number of nitrogen functional groups attached to an aromatic ring is 1. The minimum atomic E-state index is 0.691. The van der Waals surface area contributed by atoms with Gasteiger partial charge in [0, 0.05) is 16.6 Å². The maximum absolute atomic E-state index is 6.23. The second-order valence-corrected chi connectivity index (χ2v) is 5.30. The summed E-state index contributed by atoms with van der Waals surface area (Å²) in [7, 11) is 1.65. The highest BCUT2D eigenvalue weighted by Crippen LogP contribution is 2.35. The van der Waals surface area contributed by atoms with Crippen molar-refractivity contribution in [1.29, 1.82) is 0 Å². The number of aryl methyl sites for hydroxylation is 1. The van der Waals surface area contributed by atoms with Crippen molar-refractivity contribution in [3.8, 4) is 17.0 Å². The van der Waals surface area contributed by atoms with Crippen molar-refractivity contribution in [3.63, 3.8) is 0 Å². The summed E-state index contributed by atoms with van der Waals surface area (Å²) in [6.45, 7) is 4.97. The normalized spacial score (nSPS) is 10.7. The standard InChI is InChI=1S/C14H18BrN3O/c1-4-7-18-9(2)17-13(14(18)16)11-8-10(15)5-6-12(11)19-3/h5-6,8H,4,7,16H2,1-3H3. The van der Waals surface area contributed by atoms with Gasteiger partial charge in [-0.25, -0.2) is 4.98 Å². The Bertz CT molecular complexity index is 593. The number of hydrogen-bond acceptors (Lipinski definition) is 3. The molecule has 0 fully saturated rings. The third-order valence-corrected chi connectivity index (χ3v) is 3.55. The first kappa shape index (κ1) is 13.9. The number of imidazole rings is 1. The van der Waals surface area contributed by atoms with E-state index in [1.165, 1.54) is 0 Å². The largest absolute Gasteiger partial charge is 0.496 e. The lowest BCUT2D eigenvalue weighted by atomic mass is 10.1. The average molecular weight is 324 g/mol. The molecule has 0 radical (unpaired) electrons. The first-order chi connectivity index (χ1) is 9.08. The van der Waals surface area contributed by atoms with Crippen LogP contribution in [0.4, 0.5) is 5.82 Å². The molecule has 0 saturated carbocycles. The van der Waals surface area contributed by atoms with Crippen LogP contribution in [0.1, 0.15) is 19.2 Å². The lowest BCUT2D eigenvalue weighted by molar-refractivity contribution is 0.416. The molecule has 0 bridgehead atoms. The minimum Gasteiger partial charge on any atom is -0.496 e. The number of rotatable bonds is 4. The van der Waals surface area contributed by atoms with Gasteiger partial charge < -0.3 is 15.0 Å². The quantitative estimate of drug-likeness (QED) is 0.934. The van der Waals surface area contributed by atoms with Gasteiger partial charge in [-0.2, -0.15) is 0 Å². The molecule has 0 atom stereocenters. The molecule has 2 N–H and O–H groups in total. The highest BCUT2D eigenvalue weighted by molar-refractivity contribution is 9.10. The highest BCUT2D eigenvalue weighted by atomic mass is 79.9. The molecule has 0 aliphatic rings. The van der Waals surface area contributed by atoms with E-state index in [1.54, 1.807) is 7.11 Å². The molecule has 5 heteroatoms. The summed E-state index contributed by atoms with van der Waals surface area (Å²) in [5.41, 5.74) is 7.92. The summed E-state index contributed by atoms with van der Waals surface area (Å²) < 4.78 is 8.41. The predicted molar refractivity (Wildman–Crippen MR) is 81.4 cm³/mol. The summed E-state index contributed by atoms with van der Waals surface area (Å²) in [6.07, 6.45) is 1.02. The zero-order valence-electron chi connectivity index (χ0n) is 11.4. The van der Waals surface area contributed by atoms with Crippen LogP contribution in [0.3, 0.4) is 0 Å². The van der Waals surface area contributed by atoms with Gasteiger partial charge in [0.05, 0.1) is 7.11 Å². The predicted octanol–water partition coefficient (Wildman–Crippen LogP) is 3.62. The van der Waals surface area contributed by atoms with Crippen LogP contribution in [0.2, 0.25) is 0 Å². The van der Waals surface area contributed by atoms with Gasteiger partial charge in [-0.3, -0.25) is 0 Å². The van der Waals surface area contributed by atoms with E-state index in [0.717, 1.165) is 40.3 Å². The topological polar surface area (TPSA) is 53.1 Å². The molecule has 1 aromatic carbocycles. The summed E-state index contributed by atoms with van der Waals surface area (Å²) >= 11 is 3.47. The molecule has 4 nitrogen and oxygen atoms in total. The van der Waals surface area contributed by atoms with Crippen molar-refractivity contribution < 1.29 is 4.74 Å². The number of benzene rings is 1. The molecule has 0 aliphatic carbocycles. The lowest BCUT2D eigenvalue weighted by Crippen LogP contribution is -2.04. The Morgan fingerprint density at radius 3 is 2.79 bits per heavy atom. The maximum atomic E-state index is 6.23. The Morgan fingerprint density at radius 2 is 2.16 bits per heavy atom. The number of methoxy groups -OCH3 is 1. The Kier molecular flexibility index (Phi) is 4.14. The highest BCUT2D eigenvalue weighted by Gasteiger charge is 2.17. The zero-order chi connectivity index (χ0) is 14.0. The number of aromatic nitrogens is 2. The number of ether oxygens (including phenoxy) is 1. The van der Waals surface area contributed by atoms with Gasteiger partial charge in [-0.1, -0.05) is 22.9 Å². The van der Waals surface area contributed by atoms with E-state index in [1.807, 2.05) is 29.7 Å². The molecule has 0 unspecified atom stereocenters. The van der Waals surface area contributed by atoms with E-state index in [-0.39, 0.29) is 0 Å². The van der Waals surface area contributed by atoms with E-state index < -0.39 is 0 Å². The van der Waals surface area contributed by atoms with Crippen molar-refractivity contribution in [2.24, 2.45) is 0 Å². The summed E-state index contributed by atoms with van der Waals surface area (Å²) in [5.74, 6) is 2.39. The zero-order valence-corrected chi connectivity index (χ0v) is 13.0. The van der Waals surface area contributed by atoms with Crippen LogP contribution in [0.25, 0.3) is 11.3 Å². The molecule has 0 saturated heterocycles. The molecule has 2 rings (SSSR count). The van der Waals surface area contributed by atoms with Crippen molar-refractivity contribution in [3.05, 3.63) is 28.5 Å². The number of anilines is 1. The van der Waals surface area contributed by atoms with Gasteiger partial charge >= 0.3 is 0 Å². The van der Waals surface area contributed by atoms with E-state index in [2.05, 4.69) is 27.8 Å². The van der Waals surface area contributed by atoms with E-state index in [0.29, 0.717) is 5.82 Å². The Balaban J connectivity index is 2.59. The third kappa shape index (κ3) is 2.61. The SMILES string of the molecule is CCCn1c(C)nc(-c2cc(Br)ccc2OC)c1N. The first-order valence-corrected chi connectivity index (χ1v) is 7.04. The minimum absolute atomic E-state index is 0.691. The van der Waals surface area contributed by atoms with Crippen LogP contribution < -0.4 is 10.5 Å². The second-order valence-electron chi connectivity index (χ2n) is 4.39. The molecule has 1 aromatic heterocycles. The fourth-order valence-electron chi connectivity index (χ4n) is 2.15. The van der Waals surface area contributed by atoms with Gasteiger partial charge in [0.25, 0.3) is 0 Å². The first-order valence-electron chi connectivity index (χ1n) is 6.25. The molecular formula is C14H18BrN3O. The smallest absolute Gasteiger partial charge is 0.131 e. The maximum Gasteiger partial charge on any atom is 0.131 e. The van der Waals surface area contributed by atoms with Crippen molar-refractivity contribution in [1.82, 2.24) is 9.55 Å². The Labute approximate surface area is 121 Å². The fourth-order valence-corrected chi connectivity index (χ4v) is 2.51. The van der Waals surface area contributed by atoms with Gasteiger partial charge in [0.1, 0.15) is 23.1 Å². The Hall–Kier alpha value is -1.49. The van der Waals surface area contributed by atoms with Crippen LogP contribution in [0.15, 0.2) is 22.7 Å². The monoisotopic (exact) mass is 323 g/mol. The number of nitrogens with two attached hydrogens (primary N) is 1. The van der Waals surface area contributed by atoms with Crippen LogP contribution >= 0.6 is 15.9 Å². The van der Waals surface area contributed by atoms with Gasteiger partial charge in [0.2, 0.25) is 0 Å². The number of hydrogen-bond donors (Lipinski definition) is 1. The van der Waals surface area contributed by atoms with Crippen LogP contribution in [-0.4, -0.2) is 16.7 Å². The summed E-state index contributed by atoms with van der Waals surface area (Å²) in [5, 5.41) is 0. The molecular weight excluding hydrogens is 306 g/mol. The average Bonchev–Trinajstić information content (AvgIpc) is 2.67. The van der Waals surface area contributed by atoms with Crippen LogP contribution in [-0.2, 0) is 6.54 Å². The summed E-state index contributed by atoms with van der Waals surface area (Å²) in [4.78, 5) is 4.59. The van der Waals surface area contributed by atoms with Gasteiger partial charge in [-0.15, -0.1) is 0 Å². The van der Waals surface area contributed by atoms with Crippen LogP contribution in [0, 0.1) is 6.92 Å². The Morgan fingerprint density at radius 1 is 1.42 bits per heavy atom. The molecule has 0 amide bonds. The number of nitrogens with zero attached hydrogens (tertiary/aromatic N) is 2. The molecule has 0 spiro atoms. The van der Waals surface area contributed by atoms with Gasteiger partial charge in [0.15, 0.2) is 0 Å². The lowest BCUT2D eigenvalue weighted by Gasteiger charge is -2.09. The van der Waals surface area contributed by atoms with Crippen molar-refractivity contribution >= 4 is 21.7 Å². The van der Waals surface area contributed by atoms with E-state index >= 15 is 0 Å². The molecule has 102 valence electrons. The molecule has 19 heavy (non-hydrogen) atoms. The molecule has 1 heterocycles. The van der Waals surface area contributed by atoms with Crippen LogP contribution in [0.5, 0.6) is 5.75 Å².